The number of carbonyl (C=O) groups is 1. The molecule has 0 bridgehead atoms. The van der Waals surface area contributed by atoms with E-state index >= 15 is 0 Å². The van der Waals surface area contributed by atoms with Crippen molar-refractivity contribution in [3.8, 4) is 0 Å². The highest BCUT2D eigenvalue weighted by Gasteiger charge is 2.18. The molecule has 2 rings (SSSR count). The molecule has 1 aromatic heterocycles. The van der Waals surface area contributed by atoms with Crippen molar-refractivity contribution in [3.05, 3.63) is 23.4 Å². The summed E-state index contributed by atoms with van der Waals surface area (Å²) in [7, 11) is 0. The number of anilines is 1. The number of nitrogens with two attached hydrogens (primary N) is 1. The van der Waals surface area contributed by atoms with Crippen LogP contribution in [0, 0.1) is 0 Å². The van der Waals surface area contributed by atoms with Gasteiger partial charge in [0, 0.05) is 17.3 Å². The molecular weight excluding hydrogens is 226 g/mol. The van der Waals surface area contributed by atoms with Gasteiger partial charge in [-0.05, 0) is 31.4 Å². The summed E-state index contributed by atoms with van der Waals surface area (Å²) >= 11 is 0. The van der Waals surface area contributed by atoms with Crippen LogP contribution in [0.1, 0.15) is 55.1 Å². The average Bonchev–Trinajstić information content (AvgIpc) is 2.81. The van der Waals surface area contributed by atoms with Crippen molar-refractivity contribution in [2.45, 2.75) is 51.5 Å². The van der Waals surface area contributed by atoms with Crippen LogP contribution in [0.3, 0.4) is 0 Å². The lowest BCUT2D eigenvalue weighted by Crippen LogP contribution is -2.32. The third-order valence-electron chi connectivity index (χ3n) is 3.36. The van der Waals surface area contributed by atoms with E-state index in [9.17, 15) is 4.79 Å². The maximum Gasteiger partial charge on any atom is 0.251 e. The molecule has 1 aliphatic rings. The zero-order valence-corrected chi connectivity index (χ0v) is 10.9. The Hall–Kier alpha value is -1.58. The number of hydrogen-bond donors (Lipinski definition) is 2. The number of hydrogen-bond acceptors (Lipinski definition) is 3. The third kappa shape index (κ3) is 3.22. The molecule has 1 aromatic rings. The summed E-state index contributed by atoms with van der Waals surface area (Å²) in [6.07, 6.45) is 6.46. The van der Waals surface area contributed by atoms with Crippen molar-refractivity contribution in [2.24, 2.45) is 0 Å². The molecule has 1 aliphatic carbocycles. The van der Waals surface area contributed by atoms with Crippen molar-refractivity contribution < 1.29 is 4.79 Å². The largest absolute Gasteiger partial charge is 0.384 e. The SMILES string of the molecule is CCCc1cc(C(=O)NC2CCCC2)cc(N)n1. The molecule has 4 heteroatoms. The van der Waals surface area contributed by atoms with Crippen LogP contribution >= 0.6 is 0 Å². The number of carbonyl (C=O) groups excluding carboxylic acids is 1. The van der Waals surface area contributed by atoms with Gasteiger partial charge in [0.1, 0.15) is 5.82 Å². The second-order valence-electron chi connectivity index (χ2n) is 4.98. The lowest BCUT2D eigenvalue weighted by molar-refractivity contribution is 0.0937. The number of nitrogens with one attached hydrogen (secondary N) is 1. The number of nitrogens with zero attached hydrogens (tertiary/aromatic N) is 1. The van der Waals surface area contributed by atoms with Gasteiger partial charge in [-0.15, -0.1) is 0 Å². The van der Waals surface area contributed by atoms with Gasteiger partial charge in [-0.3, -0.25) is 4.79 Å². The van der Waals surface area contributed by atoms with E-state index in [2.05, 4.69) is 17.2 Å². The summed E-state index contributed by atoms with van der Waals surface area (Å²) in [4.78, 5) is 16.4. The van der Waals surface area contributed by atoms with E-state index in [1.807, 2.05) is 6.07 Å². The zero-order chi connectivity index (χ0) is 13.0. The van der Waals surface area contributed by atoms with E-state index in [-0.39, 0.29) is 5.91 Å². The molecule has 0 unspecified atom stereocenters. The van der Waals surface area contributed by atoms with Gasteiger partial charge in [0.2, 0.25) is 0 Å². The normalized spacial score (nSPS) is 15.8. The Kier molecular flexibility index (Phi) is 4.18. The van der Waals surface area contributed by atoms with Crippen LogP contribution in [0.15, 0.2) is 12.1 Å². The van der Waals surface area contributed by atoms with Crippen LogP contribution in [0.5, 0.6) is 0 Å². The minimum absolute atomic E-state index is 0.0200. The molecule has 0 aliphatic heterocycles. The van der Waals surface area contributed by atoms with Gasteiger partial charge in [-0.2, -0.15) is 0 Å². The van der Waals surface area contributed by atoms with Gasteiger partial charge in [-0.1, -0.05) is 26.2 Å². The molecule has 4 nitrogen and oxygen atoms in total. The maximum atomic E-state index is 12.1. The molecule has 3 N–H and O–H groups in total. The first-order valence-electron chi connectivity index (χ1n) is 6.76. The molecule has 18 heavy (non-hydrogen) atoms. The maximum absolute atomic E-state index is 12.1. The van der Waals surface area contributed by atoms with Crippen molar-refractivity contribution >= 4 is 11.7 Å². The molecule has 1 saturated carbocycles. The molecule has 1 amide bonds. The van der Waals surface area contributed by atoms with Crippen LogP contribution < -0.4 is 11.1 Å². The van der Waals surface area contributed by atoms with Crippen molar-refractivity contribution in [2.75, 3.05) is 5.73 Å². The smallest absolute Gasteiger partial charge is 0.251 e. The predicted molar refractivity (Wildman–Crippen MR) is 72.4 cm³/mol. The fraction of sp³-hybridized carbons (Fsp3) is 0.571. The van der Waals surface area contributed by atoms with Crippen LogP contribution in [0.2, 0.25) is 0 Å². The fourth-order valence-corrected chi connectivity index (χ4v) is 2.47. The van der Waals surface area contributed by atoms with E-state index in [4.69, 9.17) is 5.73 Å². The number of aryl methyl sites for hydroxylation is 1. The monoisotopic (exact) mass is 247 g/mol. The number of pyridine rings is 1. The topological polar surface area (TPSA) is 68.0 Å². The van der Waals surface area contributed by atoms with Crippen LogP contribution in [-0.2, 0) is 6.42 Å². The molecule has 1 fully saturated rings. The summed E-state index contributed by atoms with van der Waals surface area (Å²) in [5.41, 5.74) is 7.28. The fourth-order valence-electron chi connectivity index (χ4n) is 2.47. The highest BCUT2D eigenvalue weighted by molar-refractivity contribution is 5.95. The lowest BCUT2D eigenvalue weighted by atomic mass is 10.1. The van der Waals surface area contributed by atoms with Crippen LogP contribution in [-0.4, -0.2) is 16.9 Å². The first kappa shape index (κ1) is 12.9. The number of aromatic nitrogens is 1. The van der Waals surface area contributed by atoms with Gasteiger partial charge >= 0.3 is 0 Å². The highest BCUT2D eigenvalue weighted by Crippen LogP contribution is 2.18. The second kappa shape index (κ2) is 5.85. The Morgan fingerprint density at radius 1 is 1.44 bits per heavy atom. The van der Waals surface area contributed by atoms with E-state index in [0.717, 1.165) is 31.4 Å². The van der Waals surface area contributed by atoms with Crippen molar-refractivity contribution in [3.63, 3.8) is 0 Å². The second-order valence-corrected chi connectivity index (χ2v) is 4.98. The quantitative estimate of drug-likeness (QED) is 0.857. The number of rotatable bonds is 4. The van der Waals surface area contributed by atoms with Crippen molar-refractivity contribution in [1.29, 1.82) is 0 Å². The van der Waals surface area contributed by atoms with Gasteiger partial charge in [0.15, 0.2) is 0 Å². The Morgan fingerprint density at radius 2 is 2.17 bits per heavy atom. The Morgan fingerprint density at radius 3 is 2.83 bits per heavy atom. The first-order valence-corrected chi connectivity index (χ1v) is 6.76. The summed E-state index contributed by atoms with van der Waals surface area (Å²) in [6.45, 7) is 2.09. The molecule has 0 aromatic carbocycles. The Balaban J connectivity index is 2.08. The molecular formula is C14H21N3O. The van der Waals surface area contributed by atoms with Crippen LogP contribution in [0.25, 0.3) is 0 Å². The van der Waals surface area contributed by atoms with Gasteiger partial charge in [0.25, 0.3) is 5.91 Å². The minimum Gasteiger partial charge on any atom is -0.384 e. The van der Waals surface area contributed by atoms with Crippen LogP contribution in [0.4, 0.5) is 5.82 Å². The number of nitrogen functional groups attached to an aromatic ring is 1. The summed E-state index contributed by atoms with van der Waals surface area (Å²) in [5, 5.41) is 3.07. The summed E-state index contributed by atoms with van der Waals surface area (Å²) in [5.74, 6) is 0.408. The average molecular weight is 247 g/mol. The highest BCUT2D eigenvalue weighted by atomic mass is 16.1. The zero-order valence-electron chi connectivity index (χ0n) is 10.9. The van der Waals surface area contributed by atoms with E-state index in [1.165, 1.54) is 12.8 Å². The van der Waals surface area contributed by atoms with Gasteiger partial charge in [0.05, 0.1) is 0 Å². The Bertz CT molecular complexity index is 425. The predicted octanol–water partition coefficient (Wildman–Crippen LogP) is 2.29. The van der Waals surface area contributed by atoms with E-state index in [1.54, 1.807) is 6.07 Å². The van der Waals surface area contributed by atoms with Crippen molar-refractivity contribution in [1.82, 2.24) is 10.3 Å². The number of amides is 1. The van der Waals surface area contributed by atoms with Gasteiger partial charge in [-0.25, -0.2) is 4.98 Å². The summed E-state index contributed by atoms with van der Waals surface area (Å²) in [6, 6.07) is 3.84. The van der Waals surface area contributed by atoms with E-state index < -0.39 is 0 Å². The molecule has 98 valence electrons. The molecule has 1 heterocycles. The summed E-state index contributed by atoms with van der Waals surface area (Å²) < 4.78 is 0. The molecule has 0 spiro atoms. The third-order valence-corrected chi connectivity index (χ3v) is 3.36. The Labute approximate surface area is 108 Å². The first-order chi connectivity index (χ1) is 8.69. The molecule has 0 saturated heterocycles. The standard InChI is InChI=1S/C14H21N3O/c1-2-5-12-8-10(9-13(15)16-12)14(18)17-11-6-3-4-7-11/h8-9,11H,2-7H2,1H3,(H2,15,16)(H,17,18). The molecule has 0 radical (unpaired) electrons. The molecule has 0 atom stereocenters. The lowest BCUT2D eigenvalue weighted by Gasteiger charge is -2.12. The minimum atomic E-state index is -0.0200. The van der Waals surface area contributed by atoms with E-state index in [0.29, 0.717) is 17.4 Å². The van der Waals surface area contributed by atoms with Gasteiger partial charge < -0.3 is 11.1 Å².